The number of aryl methyl sites for hydroxylation is 1. The fourth-order valence-corrected chi connectivity index (χ4v) is 3.60. The molecule has 7 heteroatoms. The Bertz CT molecular complexity index is 590. The van der Waals surface area contributed by atoms with Gasteiger partial charge in [0.1, 0.15) is 0 Å². The molecule has 0 amide bonds. The molecule has 0 fully saturated rings. The van der Waals surface area contributed by atoms with E-state index in [1.54, 1.807) is 6.20 Å². The summed E-state index contributed by atoms with van der Waals surface area (Å²) in [6.07, 6.45) is 2.81. The van der Waals surface area contributed by atoms with E-state index in [0.29, 0.717) is 6.54 Å². The Hall–Kier alpha value is -1.09. The van der Waals surface area contributed by atoms with Crippen LogP contribution in [-0.2, 0) is 20.0 Å². The van der Waals surface area contributed by atoms with Crippen LogP contribution in [0.15, 0.2) is 29.4 Å². The average Bonchev–Trinajstić information content (AvgIpc) is 3.05. The van der Waals surface area contributed by atoms with E-state index in [0.717, 1.165) is 31.2 Å². The van der Waals surface area contributed by atoms with Crippen LogP contribution in [0.1, 0.15) is 17.5 Å². The Balaban J connectivity index is 1.85. The van der Waals surface area contributed by atoms with E-state index in [4.69, 9.17) is 0 Å². The lowest BCUT2D eigenvalue weighted by atomic mass is 10.3. The predicted octanol–water partition coefficient (Wildman–Crippen LogP) is 2.38. The van der Waals surface area contributed by atoms with Crippen LogP contribution in [-0.4, -0.2) is 28.8 Å². The number of nitrogens with one attached hydrogen (secondary N) is 2. The standard InChI is InChI=1S/C14H20IN5S/c1-3-16-14(18-10-11-6-9-19-20(11)2)17-8-7-12-4-5-13(15)21-12/h4-6,9H,3,7-8,10H2,1-2H3,(H2,16,17,18). The lowest BCUT2D eigenvalue weighted by Crippen LogP contribution is -2.38. The zero-order valence-corrected chi connectivity index (χ0v) is 15.2. The summed E-state index contributed by atoms with van der Waals surface area (Å²) in [5.74, 6) is 0.852. The molecule has 0 aliphatic rings. The summed E-state index contributed by atoms with van der Waals surface area (Å²) in [7, 11) is 1.93. The summed E-state index contributed by atoms with van der Waals surface area (Å²) < 4.78 is 3.18. The van der Waals surface area contributed by atoms with Gasteiger partial charge in [-0.2, -0.15) is 5.10 Å². The van der Waals surface area contributed by atoms with E-state index in [-0.39, 0.29) is 0 Å². The van der Waals surface area contributed by atoms with Crippen LogP contribution in [0.3, 0.4) is 0 Å². The molecule has 0 aromatic carbocycles. The number of aliphatic imine (C=N–C) groups is 1. The van der Waals surface area contributed by atoms with Crippen LogP contribution in [0.25, 0.3) is 0 Å². The van der Waals surface area contributed by atoms with E-state index in [1.807, 2.05) is 29.1 Å². The van der Waals surface area contributed by atoms with Gasteiger partial charge in [0, 0.05) is 31.2 Å². The van der Waals surface area contributed by atoms with Gasteiger partial charge in [-0.1, -0.05) is 0 Å². The van der Waals surface area contributed by atoms with Gasteiger partial charge in [0.15, 0.2) is 5.96 Å². The summed E-state index contributed by atoms with van der Waals surface area (Å²) >= 11 is 4.20. The quantitative estimate of drug-likeness (QED) is 0.431. The summed E-state index contributed by atoms with van der Waals surface area (Å²) in [5, 5.41) is 10.8. The second-order valence-corrected chi connectivity index (χ2v) is 7.59. The largest absolute Gasteiger partial charge is 0.357 e. The highest BCUT2D eigenvalue weighted by Crippen LogP contribution is 2.18. The first-order chi connectivity index (χ1) is 10.2. The van der Waals surface area contributed by atoms with Crippen molar-refractivity contribution < 1.29 is 0 Å². The first-order valence-corrected chi connectivity index (χ1v) is 8.82. The van der Waals surface area contributed by atoms with Crippen LogP contribution in [0.2, 0.25) is 0 Å². The third-order valence-electron chi connectivity index (χ3n) is 2.96. The third kappa shape index (κ3) is 5.31. The van der Waals surface area contributed by atoms with Gasteiger partial charge in [-0.05, 0) is 54.1 Å². The van der Waals surface area contributed by atoms with Crippen molar-refractivity contribution in [2.24, 2.45) is 12.0 Å². The van der Waals surface area contributed by atoms with Crippen molar-refractivity contribution in [1.29, 1.82) is 0 Å². The SMILES string of the molecule is CCNC(=NCc1ccnn1C)NCCc1ccc(I)s1. The number of aromatic nitrogens is 2. The van der Waals surface area contributed by atoms with Gasteiger partial charge >= 0.3 is 0 Å². The fraction of sp³-hybridized carbons (Fsp3) is 0.429. The van der Waals surface area contributed by atoms with Gasteiger partial charge in [-0.25, -0.2) is 4.99 Å². The summed E-state index contributed by atoms with van der Waals surface area (Å²) in [5.41, 5.74) is 1.10. The Morgan fingerprint density at radius 1 is 1.38 bits per heavy atom. The lowest BCUT2D eigenvalue weighted by Gasteiger charge is -2.10. The topological polar surface area (TPSA) is 54.2 Å². The molecule has 0 radical (unpaired) electrons. The molecule has 0 atom stereocenters. The zero-order valence-electron chi connectivity index (χ0n) is 12.3. The first-order valence-electron chi connectivity index (χ1n) is 6.92. The number of hydrogen-bond donors (Lipinski definition) is 2. The molecule has 0 saturated heterocycles. The van der Waals surface area contributed by atoms with Crippen molar-refractivity contribution in [1.82, 2.24) is 20.4 Å². The van der Waals surface area contributed by atoms with Gasteiger partial charge in [-0.15, -0.1) is 11.3 Å². The minimum Gasteiger partial charge on any atom is -0.357 e. The Morgan fingerprint density at radius 2 is 2.24 bits per heavy atom. The van der Waals surface area contributed by atoms with E-state index in [1.165, 1.54) is 7.76 Å². The minimum atomic E-state index is 0.628. The van der Waals surface area contributed by atoms with Crippen LogP contribution < -0.4 is 10.6 Å². The molecule has 2 rings (SSSR count). The fourth-order valence-electron chi connectivity index (χ4n) is 1.85. The number of guanidine groups is 1. The number of rotatable bonds is 6. The van der Waals surface area contributed by atoms with E-state index in [9.17, 15) is 0 Å². The van der Waals surface area contributed by atoms with E-state index in [2.05, 4.69) is 62.4 Å². The van der Waals surface area contributed by atoms with E-state index >= 15 is 0 Å². The number of thiophene rings is 1. The highest BCUT2D eigenvalue weighted by molar-refractivity contribution is 14.1. The maximum absolute atomic E-state index is 4.59. The molecule has 0 spiro atoms. The molecule has 2 aromatic heterocycles. The molecular weight excluding hydrogens is 397 g/mol. The third-order valence-corrected chi connectivity index (χ3v) is 4.91. The van der Waals surface area contributed by atoms with Crippen molar-refractivity contribution in [3.63, 3.8) is 0 Å². The van der Waals surface area contributed by atoms with Crippen molar-refractivity contribution in [2.45, 2.75) is 19.9 Å². The molecule has 0 aliphatic carbocycles. The highest BCUT2D eigenvalue weighted by atomic mass is 127. The highest BCUT2D eigenvalue weighted by Gasteiger charge is 2.01. The Labute approximate surface area is 143 Å². The number of hydrogen-bond acceptors (Lipinski definition) is 3. The summed E-state index contributed by atoms with van der Waals surface area (Å²) in [6, 6.07) is 6.33. The molecule has 0 saturated carbocycles. The zero-order chi connectivity index (χ0) is 15.1. The molecule has 5 nitrogen and oxygen atoms in total. The normalized spacial score (nSPS) is 11.7. The monoisotopic (exact) mass is 417 g/mol. The molecular formula is C14H20IN5S. The molecule has 2 aromatic rings. The summed E-state index contributed by atoms with van der Waals surface area (Å²) in [6.45, 7) is 4.44. The van der Waals surface area contributed by atoms with Gasteiger partial charge in [-0.3, -0.25) is 4.68 Å². The molecule has 114 valence electrons. The van der Waals surface area contributed by atoms with Crippen LogP contribution in [0, 0.1) is 2.88 Å². The van der Waals surface area contributed by atoms with Crippen LogP contribution in [0.4, 0.5) is 0 Å². The molecule has 2 N–H and O–H groups in total. The first kappa shape index (κ1) is 16.3. The Kier molecular flexibility index (Phi) is 6.50. The number of halogens is 1. The van der Waals surface area contributed by atoms with E-state index < -0.39 is 0 Å². The predicted molar refractivity (Wildman–Crippen MR) is 96.8 cm³/mol. The summed E-state index contributed by atoms with van der Waals surface area (Å²) in [4.78, 5) is 5.99. The molecule has 0 bridgehead atoms. The number of nitrogens with zero attached hydrogens (tertiary/aromatic N) is 3. The Morgan fingerprint density at radius 3 is 2.86 bits per heavy atom. The van der Waals surface area contributed by atoms with Gasteiger partial charge in [0.05, 0.1) is 15.1 Å². The van der Waals surface area contributed by atoms with Gasteiger partial charge < -0.3 is 10.6 Å². The molecule has 0 unspecified atom stereocenters. The minimum absolute atomic E-state index is 0.628. The molecule has 0 aliphatic heterocycles. The van der Waals surface area contributed by atoms with Gasteiger partial charge in [0.25, 0.3) is 0 Å². The van der Waals surface area contributed by atoms with Crippen LogP contribution >= 0.6 is 33.9 Å². The maximum atomic E-state index is 4.59. The van der Waals surface area contributed by atoms with Crippen molar-refractivity contribution in [3.8, 4) is 0 Å². The second-order valence-electron chi connectivity index (χ2n) is 4.52. The molecule has 2 heterocycles. The van der Waals surface area contributed by atoms with Gasteiger partial charge in [0.2, 0.25) is 0 Å². The van der Waals surface area contributed by atoms with Crippen molar-refractivity contribution >= 4 is 39.9 Å². The molecule has 21 heavy (non-hydrogen) atoms. The smallest absolute Gasteiger partial charge is 0.191 e. The van der Waals surface area contributed by atoms with Crippen molar-refractivity contribution in [3.05, 3.63) is 37.9 Å². The van der Waals surface area contributed by atoms with Crippen LogP contribution in [0.5, 0.6) is 0 Å². The van der Waals surface area contributed by atoms with Crippen molar-refractivity contribution in [2.75, 3.05) is 13.1 Å². The average molecular weight is 417 g/mol. The second kappa shape index (κ2) is 8.38. The lowest BCUT2D eigenvalue weighted by molar-refractivity contribution is 0.707. The maximum Gasteiger partial charge on any atom is 0.191 e.